The van der Waals surface area contributed by atoms with Gasteiger partial charge in [-0.2, -0.15) is 0 Å². The minimum atomic E-state index is -3.05. The summed E-state index contributed by atoms with van der Waals surface area (Å²) in [7, 11) is -3.05. The SMILES string of the molecule is CCNC(=NCc1ccc(C)cc1C)N1CCS(=O)(=O)C(C)(C)C1.I. The topological polar surface area (TPSA) is 61.8 Å². The van der Waals surface area contributed by atoms with Crippen LogP contribution >= 0.6 is 24.0 Å². The number of aliphatic imine (C=N–C) groups is 1. The lowest BCUT2D eigenvalue weighted by Gasteiger charge is -2.39. The third-order valence-electron chi connectivity index (χ3n) is 4.58. The Labute approximate surface area is 169 Å². The maximum absolute atomic E-state index is 12.2. The highest BCUT2D eigenvalue weighted by Gasteiger charge is 2.40. The molecule has 1 aromatic rings. The van der Waals surface area contributed by atoms with Crippen molar-refractivity contribution in [2.45, 2.75) is 45.9 Å². The van der Waals surface area contributed by atoms with Gasteiger partial charge in [0.1, 0.15) is 0 Å². The average Bonchev–Trinajstić information content (AvgIpc) is 2.48. The standard InChI is InChI=1S/C18H29N3O2S.HI/c1-6-19-17(20-12-16-8-7-14(2)11-15(16)3)21-9-10-24(22,23)18(4,5)13-21;/h7-8,11H,6,9-10,12-13H2,1-5H3,(H,19,20);1H. The summed E-state index contributed by atoms with van der Waals surface area (Å²) in [5.74, 6) is 0.967. The summed E-state index contributed by atoms with van der Waals surface area (Å²) in [5.41, 5.74) is 3.67. The summed E-state index contributed by atoms with van der Waals surface area (Å²) in [6.07, 6.45) is 0. The van der Waals surface area contributed by atoms with Crippen LogP contribution in [0.4, 0.5) is 0 Å². The highest BCUT2D eigenvalue weighted by molar-refractivity contribution is 14.0. The maximum Gasteiger partial charge on any atom is 0.194 e. The van der Waals surface area contributed by atoms with Gasteiger partial charge >= 0.3 is 0 Å². The molecule has 0 amide bonds. The Balaban J connectivity index is 0.00000312. The van der Waals surface area contributed by atoms with E-state index < -0.39 is 14.6 Å². The van der Waals surface area contributed by atoms with Gasteiger partial charge in [0.05, 0.1) is 17.0 Å². The fraction of sp³-hybridized carbons (Fsp3) is 0.611. The van der Waals surface area contributed by atoms with Crippen LogP contribution in [-0.4, -0.2) is 49.4 Å². The lowest BCUT2D eigenvalue weighted by atomic mass is 10.1. The van der Waals surface area contributed by atoms with Crippen LogP contribution in [0.2, 0.25) is 0 Å². The summed E-state index contributed by atoms with van der Waals surface area (Å²) in [4.78, 5) is 6.81. The Bertz CT molecular complexity index is 730. The van der Waals surface area contributed by atoms with Crippen LogP contribution in [0.25, 0.3) is 0 Å². The molecule has 0 bridgehead atoms. The second kappa shape index (κ2) is 8.70. The Morgan fingerprint density at radius 1 is 1.32 bits per heavy atom. The van der Waals surface area contributed by atoms with Crippen molar-refractivity contribution in [1.29, 1.82) is 0 Å². The molecule has 0 aliphatic carbocycles. The fourth-order valence-electron chi connectivity index (χ4n) is 2.93. The van der Waals surface area contributed by atoms with E-state index in [0.29, 0.717) is 19.6 Å². The second-order valence-corrected chi connectivity index (χ2v) is 9.84. The number of hydrogen-bond acceptors (Lipinski definition) is 3. The number of sulfone groups is 1. The third kappa shape index (κ3) is 5.32. The molecular weight excluding hydrogens is 449 g/mol. The van der Waals surface area contributed by atoms with Crippen LogP contribution in [0.3, 0.4) is 0 Å². The van der Waals surface area contributed by atoms with Crippen molar-refractivity contribution in [2.75, 3.05) is 25.4 Å². The molecule has 1 aliphatic heterocycles. The van der Waals surface area contributed by atoms with Crippen molar-refractivity contribution in [1.82, 2.24) is 10.2 Å². The number of nitrogens with one attached hydrogen (secondary N) is 1. The van der Waals surface area contributed by atoms with Gasteiger partial charge < -0.3 is 10.2 Å². The molecule has 1 aromatic carbocycles. The van der Waals surface area contributed by atoms with Crippen molar-refractivity contribution in [3.63, 3.8) is 0 Å². The number of halogens is 1. The predicted octanol–water partition coefficient (Wildman–Crippen LogP) is 2.90. The van der Waals surface area contributed by atoms with Gasteiger partial charge in [-0.1, -0.05) is 23.8 Å². The first-order valence-corrected chi connectivity index (χ1v) is 10.1. The number of hydrogen-bond donors (Lipinski definition) is 1. The molecule has 0 aromatic heterocycles. The Morgan fingerprint density at radius 2 is 2.00 bits per heavy atom. The Kier molecular flexibility index (Phi) is 7.73. The molecule has 142 valence electrons. The molecule has 0 spiro atoms. The van der Waals surface area contributed by atoms with E-state index in [1.54, 1.807) is 13.8 Å². The lowest BCUT2D eigenvalue weighted by molar-refractivity contribution is 0.353. The molecule has 0 atom stereocenters. The highest BCUT2D eigenvalue weighted by atomic mass is 127. The molecule has 25 heavy (non-hydrogen) atoms. The smallest absolute Gasteiger partial charge is 0.194 e. The molecule has 1 saturated heterocycles. The summed E-state index contributed by atoms with van der Waals surface area (Å²) < 4.78 is 23.6. The van der Waals surface area contributed by atoms with E-state index >= 15 is 0 Å². The molecule has 1 aliphatic rings. The van der Waals surface area contributed by atoms with E-state index in [1.807, 2.05) is 6.92 Å². The first-order valence-electron chi connectivity index (χ1n) is 8.48. The summed E-state index contributed by atoms with van der Waals surface area (Å²) in [6, 6.07) is 6.37. The van der Waals surface area contributed by atoms with Gasteiger partial charge in [-0.3, -0.25) is 0 Å². The first kappa shape index (κ1) is 22.2. The molecular formula is C18H30IN3O2S. The van der Waals surface area contributed by atoms with Gasteiger partial charge in [-0.05, 0) is 45.7 Å². The van der Waals surface area contributed by atoms with Crippen molar-refractivity contribution in [3.05, 3.63) is 34.9 Å². The van der Waals surface area contributed by atoms with Gasteiger partial charge in [-0.25, -0.2) is 13.4 Å². The van der Waals surface area contributed by atoms with E-state index in [4.69, 9.17) is 4.99 Å². The molecule has 7 heteroatoms. The van der Waals surface area contributed by atoms with Gasteiger partial charge in [0.25, 0.3) is 0 Å². The van der Waals surface area contributed by atoms with Gasteiger partial charge in [0.2, 0.25) is 0 Å². The van der Waals surface area contributed by atoms with E-state index in [1.165, 1.54) is 16.7 Å². The molecule has 0 unspecified atom stereocenters. The van der Waals surface area contributed by atoms with Crippen LogP contribution in [0.5, 0.6) is 0 Å². The summed E-state index contributed by atoms with van der Waals surface area (Å²) >= 11 is 0. The van der Waals surface area contributed by atoms with E-state index in [-0.39, 0.29) is 29.7 Å². The molecule has 0 saturated carbocycles. The molecule has 1 heterocycles. The summed E-state index contributed by atoms with van der Waals surface area (Å²) in [6.45, 7) is 12.1. The fourth-order valence-corrected chi connectivity index (χ4v) is 4.30. The zero-order chi connectivity index (χ0) is 18.0. The van der Waals surface area contributed by atoms with Crippen molar-refractivity contribution >= 4 is 39.8 Å². The van der Waals surface area contributed by atoms with Gasteiger partial charge in [0, 0.05) is 19.6 Å². The van der Waals surface area contributed by atoms with Crippen LogP contribution < -0.4 is 5.32 Å². The molecule has 1 fully saturated rings. The third-order valence-corrected chi connectivity index (χ3v) is 7.11. The minimum Gasteiger partial charge on any atom is -0.357 e. The molecule has 5 nitrogen and oxygen atoms in total. The minimum absolute atomic E-state index is 0. The van der Waals surface area contributed by atoms with Crippen molar-refractivity contribution in [3.8, 4) is 0 Å². The lowest BCUT2D eigenvalue weighted by Crippen LogP contribution is -2.57. The number of rotatable bonds is 3. The number of nitrogens with zero attached hydrogens (tertiary/aromatic N) is 2. The number of aryl methyl sites for hydroxylation is 2. The average molecular weight is 479 g/mol. The van der Waals surface area contributed by atoms with Gasteiger partial charge in [-0.15, -0.1) is 24.0 Å². The second-order valence-electron chi connectivity index (χ2n) is 7.10. The Morgan fingerprint density at radius 3 is 2.56 bits per heavy atom. The normalized spacial score (nSPS) is 19.2. The molecule has 2 rings (SSSR count). The predicted molar refractivity (Wildman–Crippen MR) is 116 cm³/mol. The number of guanidine groups is 1. The maximum atomic E-state index is 12.2. The zero-order valence-electron chi connectivity index (χ0n) is 15.8. The van der Waals surface area contributed by atoms with Gasteiger partial charge in [0.15, 0.2) is 15.8 Å². The number of benzene rings is 1. The van der Waals surface area contributed by atoms with Crippen LogP contribution in [0.1, 0.15) is 37.5 Å². The van der Waals surface area contributed by atoms with Crippen LogP contribution in [0, 0.1) is 13.8 Å². The first-order chi connectivity index (χ1) is 11.2. The van der Waals surface area contributed by atoms with E-state index in [2.05, 4.69) is 42.3 Å². The Hall–Kier alpha value is -0.830. The molecule has 0 radical (unpaired) electrons. The molecule has 1 N–H and O–H groups in total. The van der Waals surface area contributed by atoms with E-state index in [0.717, 1.165) is 12.5 Å². The van der Waals surface area contributed by atoms with Crippen LogP contribution in [-0.2, 0) is 16.4 Å². The quantitative estimate of drug-likeness (QED) is 0.412. The van der Waals surface area contributed by atoms with Crippen molar-refractivity contribution in [2.24, 2.45) is 4.99 Å². The summed E-state index contributed by atoms with van der Waals surface area (Å²) in [5, 5.41) is 3.30. The highest BCUT2D eigenvalue weighted by Crippen LogP contribution is 2.24. The van der Waals surface area contributed by atoms with Crippen LogP contribution in [0.15, 0.2) is 23.2 Å². The van der Waals surface area contributed by atoms with Crippen molar-refractivity contribution < 1.29 is 8.42 Å². The zero-order valence-corrected chi connectivity index (χ0v) is 18.9. The monoisotopic (exact) mass is 479 g/mol. The largest absolute Gasteiger partial charge is 0.357 e. The van der Waals surface area contributed by atoms with E-state index in [9.17, 15) is 8.42 Å².